The summed E-state index contributed by atoms with van der Waals surface area (Å²) in [6, 6.07) is 1.70. The van der Waals surface area contributed by atoms with Crippen LogP contribution < -0.4 is 0 Å². The van der Waals surface area contributed by atoms with E-state index in [1.165, 1.54) is 4.90 Å². The number of aliphatic carboxylic acids is 1. The van der Waals surface area contributed by atoms with Crippen LogP contribution in [0.4, 0.5) is 0 Å². The number of hydrogen-bond acceptors (Lipinski definition) is 3. The van der Waals surface area contributed by atoms with Gasteiger partial charge in [0.1, 0.15) is 5.54 Å². The second-order valence-electron chi connectivity index (χ2n) is 4.70. The molecule has 0 spiro atoms. The van der Waals surface area contributed by atoms with Gasteiger partial charge in [-0.1, -0.05) is 0 Å². The predicted octanol–water partition coefficient (Wildman–Crippen LogP) is 2.43. The lowest BCUT2D eigenvalue weighted by atomic mass is 9.99. The number of carbonyl (C=O) groups excluding carboxylic acids is 1. The highest BCUT2D eigenvalue weighted by molar-refractivity contribution is 9.10. The SMILES string of the molecule is Cc1cc(Br)oc1C(=O)N1CCCC1(C)C(=O)O. The van der Waals surface area contributed by atoms with Crippen LogP contribution in [0, 0.1) is 6.92 Å². The molecule has 1 aromatic heterocycles. The molecule has 0 aromatic carbocycles. The summed E-state index contributed by atoms with van der Waals surface area (Å²) in [5, 5.41) is 9.28. The summed E-state index contributed by atoms with van der Waals surface area (Å²) in [5.41, 5.74) is -0.436. The summed E-state index contributed by atoms with van der Waals surface area (Å²) in [6.07, 6.45) is 1.16. The highest BCUT2D eigenvalue weighted by Crippen LogP contribution is 2.32. The van der Waals surface area contributed by atoms with Gasteiger partial charge in [0, 0.05) is 12.1 Å². The van der Waals surface area contributed by atoms with Gasteiger partial charge in [0.15, 0.2) is 10.4 Å². The minimum Gasteiger partial charge on any atom is -0.480 e. The first-order valence-corrected chi connectivity index (χ1v) is 6.47. The number of nitrogens with zero attached hydrogens (tertiary/aromatic N) is 1. The zero-order valence-electron chi connectivity index (χ0n) is 10.2. The fourth-order valence-electron chi connectivity index (χ4n) is 2.29. The number of hydrogen-bond donors (Lipinski definition) is 1. The molecule has 0 aliphatic carbocycles. The largest absolute Gasteiger partial charge is 0.480 e. The molecule has 5 nitrogen and oxygen atoms in total. The molecule has 1 N–H and O–H groups in total. The first-order chi connectivity index (χ1) is 8.36. The van der Waals surface area contributed by atoms with Crippen molar-refractivity contribution >= 4 is 27.8 Å². The van der Waals surface area contributed by atoms with Crippen molar-refractivity contribution in [2.45, 2.75) is 32.2 Å². The number of carboxylic acid groups (broad SMARTS) is 1. The van der Waals surface area contributed by atoms with Crippen molar-refractivity contribution < 1.29 is 19.1 Å². The quantitative estimate of drug-likeness (QED) is 0.910. The van der Waals surface area contributed by atoms with Gasteiger partial charge in [0.2, 0.25) is 0 Å². The van der Waals surface area contributed by atoms with E-state index >= 15 is 0 Å². The van der Waals surface area contributed by atoms with E-state index < -0.39 is 11.5 Å². The molecule has 2 rings (SSSR count). The van der Waals surface area contributed by atoms with E-state index in [0.717, 1.165) is 0 Å². The Morgan fingerprint density at radius 3 is 2.72 bits per heavy atom. The number of aryl methyl sites for hydroxylation is 1. The molecule has 6 heteroatoms. The third-order valence-corrected chi connectivity index (χ3v) is 3.82. The van der Waals surface area contributed by atoms with Crippen LogP contribution in [0.15, 0.2) is 15.2 Å². The van der Waals surface area contributed by atoms with Crippen molar-refractivity contribution in [1.29, 1.82) is 0 Å². The maximum Gasteiger partial charge on any atom is 0.329 e. The molecule has 0 bridgehead atoms. The zero-order chi connectivity index (χ0) is 13.5. The van der Waals surface area contributed by atoms with Crippen LogP contribution in [0.3, 0.4) is 0 Å². The molecule has 1 aliphatic heterocycles. The molecule has 18 heavy (non-hydrogen) atoms. The Balaban J connectivity index is 2.34. The molecular weight excluding hydrogens is 302 g/mol. The topological polar surface area (TPSA) is 70.8 Å². The Morgan fingerprint density at radius 2 is 2.22 bits per heavy atom. The number of amides is 1. The second kappa shape index (κ2) is 4.42. The van der Waals surface area contributed by atoms with Gasteiger partial charge >= 0.3 is 5.97 Å². The highest BCUT2D eigenvalue weighted by atomic mass is 79.9. The van der Waals surface area contributed by atoms with E-state index in [0.29, 0.717) is 29.6 Å². The lowest BCUT2D eigenvalue weighted by Gasteiger charge is -2.30. The van der Waals surface area contributed by atoms with E-state index in [2.05, 4.69) is 15.9 Å². The van der Waals surface area contributed by atoms with Gasteiger partial charge < -0.3 is 14.4 Å². The first-order valence-electron chi connectivity index (χ1n) is 5.67. The Bertz CT molecular complexity index is 510. The molecule has 1 aromatic rings. The maximum absolute atomic E-state index is 12.3. The molecule has 0 saturated carbocycles. The van der Waals surface area contributed by atoms with Gasteiger partial charge in [-0.15, -0.1) is 0 Å². The average molecular weight is 316 g/mol. The molecule has 1 unspecified atom stereocenters. The van der Waals surface area contributed by atoms with Gasteiger partial charge in [-0.25, -0.2) is 4.79 Å². The third kappa shape index (κ3) is 1.94. The summed E-state index contributed by atoms with van der Waals surface area (Å²) in [7, 11) is 0. The van der Waals surface area contributed by atoms with Crippen LogP contribution in [0.25, 0.3) is 0 Å². The van der Waals surface area contributed by atoms with Crippen LogP contribution in [0.5, 0.6) is 0 Å². The molecule has 1 fully saturated rings. The number of halogens is 1. The van der Waals surface area contributed by atoms with Crippen LogP contribution in [-0.2, 0) is 4.79 Å². The molecule has 1 aliphatic rings. The lowest BCUT2D eigenvalue weighted by molar-refractivity contribution is -0.147. The minimum absolute atomic E-state index is 0.205. The number of carboxylic acids is 1. The fourth-order valence-corrected chi connectivity index (χ4v) is 2.79. The summed E-state index contributed by atoms with van der Waals surface area (Å²) in [5.74, 6) is -1.13. The van der Waals surface area contributed by atoms with Gasteiger partial charge in [-0.2, -0.15) is 0 Å². The smallest absolute Gasteiger partial charge is 0.329 e. The van der Waals surface area contributed by atoms with Crippen molar-refractivity contribution in [1.82, 2.24) is 4.90 Å². The van der Waals surface area contributed by atoms with Crippen molar-refractivity contribution in [3.8, 4) is 0 Å². The van der Waals surface area contributed by atoms with Crippen molar-refractivity contribution in [2.75, 3.05) is 6.54 Å². The van der Waals surface area contributed by atoms with Gasteiger partial charge in [0.05, 0.1) is 0 Å². The van der Waals surface area contributed by atoms with Gasteiger partial charge in [0.25, 0.3) is 5.91 Å². The van der Waals surface area contributed by atoms with Gasteiger partial charge in [-0.05, 0) is 48.7 Å². The monoisotopic (exact) mass is 315 g/mol. The number of carbonyl (C=O) groups is 2. The molecule has 0 radical (unpaired) electrons. The molecule has 1 saturated heterocycles. The van der Waals surface area contributed by atoms with E-state index in [-0.39, 0.29) is 11.7 Å². The molecule has 1 atom stereocenters. The van der Waals surface area contributed by atoms with E-state index in [1.807, 2.05) is 0 Å². The van der Waals surface area contributed by atoms with Crippen LogP contribution >= 0.6 is 15.9 Å². The van der Waals surface area contributed by atoms with E-state index in [9.17, 15) is 14.7 Å². The average Bonchev–Trinajstić information content (AvgIpc) is 2.82. The molecular formula is C12H14BrNO4. The predicted molar refractivity (Wildman–Crippen MR) is 67.5 cm³/mol. The Kier molecular flexibility index (Phi) is 3.23. The number of furan rings is 1. The standard InChI is InChI=1S/C12H14BrNO4/c1-7-6-8(13)18-9(7)10(15)14-5-3-4-12(14,2)11(16)17/h6H,3-5H2,1-2H3,(H,16,17). The van der Waals surface area contributed by atoms with E-state index in [4.69, 9.17) is 4.42 Å². The highest BCUT2D eigenvalue weighted by Gasteiger charge is 2.47. The molecule has 2 heterocycles. The third-order valence-electron chi connectivity index (χ3n) is 3.43. The van der Waals surface area contributed by atoms with Crippen LogP contribution in [0.1, 0.15) is 35.9 Å². The van der Waals surface area contributed by atoms with Crippen molar-refractivity contribution in [2.24, 2.45) is 0 Å². The first kappa shape index (κ1) is 13.1. The fraction of sp³-hybridized carbons (Fsp3) is 0.500. The molecule has 98 valence electrons. The maximum atomic E-state index is 12.3. The zero-order valence-corrected chi connectivity index (χ0v) is 11.8. The Morgan fingerprint density at radius 1 is 1.56 bits per heavy atom. The number of likely N-dealkylation sites (tertiary alicyclic amines) is 1. The van der Waals surface area contributed by atoms with Crippen LogP contribution in [0.2, 0.25) is 0 Å². The Hall–Kier alpha value is -1.30. The summed E-state index contributed by atoms with van der Waals surface area (Å²) < 4.78 is 5.77. The van der Waals surface area contributed by atoms with Crippen LogP contribution in [-0.4, -0.2) is 34.0 Å². The summed E-state index contributed by atoms with van der Waals surface area (Å²) >= 11 is 3.16. The summed E-state index contributed by atoms with van der Waals surface area (Å²) in [4.78, 5) is 25.1. The van der Waals surface area contributed by atoms with Crippen molar-refractivity contribution in [3.63, 3.8) is 0 Å². The van der Waals surface area contributed by atoms with Gasteiger partial charge in [-0.3, -0.25) is 4.79 Å². The minimum atomic E-state index is -1.14. The number of rotatable bonds is 2. The lowest BCUT2D eigenvalue weighted by Crippen LogP contribution is -2.50. The van der Waals surface area contributed by atoms with E-state index in [1.54, 1.807) is 19.9 Å². The second-order valence-corrected chi connectivity index (χ2v) is 5.48. The Labute approximate surface area is 113 Å². The van der Waals surface area contributed by atoms with Crippen molar-refractivity contribution in [3.05, 3.63) is 22.1 Å². The molecule has 1 amide bonds. The summed E-state index contributed by atoms with van der Waals surface area (Å²) in [6.45, 7) is 3.78. The normalized spacial score (nSPS) is 23.4.